The van der Waals surface area contributed by atoms with Gasteiger partial charge in [-0.05, 0) is 69.0 Å². The van der Waals surface area contributed by atoms with Gasteiger partial charge in [-0.25, -0.2) is 4.39 Å². The van der Waals surface area contributed by atoms with Crippen molar-refractivity contribution in [2.45, 2.75) is 58.4 Å². The van der Waals surface area contributed by atoms with Crippen LogP contribution < -0.4 is 0 Å². The summed E-state index contributed by atoms with van der Waals surface area (Å²) in [6.45, 7) is 8.14. The molecule has 2 rings (SSSR count). The van der Waals surface area contributed by atoms with Gasteiger partial charge in [-0.3, -0.25) is 9.69 Å². The van der Waals surface area contributed by atoms with Gasteiger partial charge >= 0.3 is 0 Å². The summed E-state index contributed by atoms with van der Waals surface area (Å²) in [5.74, 6) is 0.0459. The molecule has 0 unspecified atom stereocenters. The van der Waals surface area contributed by atoms with Gasteiger partial charge in [-0.2, -0.15) is 0 Å². The lowest BCUT2D eigenvalue weighted by molar-refractivity contribution is -0.130. The molecule has 116 valence electrons. The first kappa shape index (κ1) is 16.2. The highest BCUT2D eigenvalue weighted by Gasteiger charge is 2.41. The van der Waals surface area contributed by atoms with Crippen LogP contribution in [0.3, 0.4) is 0 Å². The fourth-order valence-corrected chi connectivity index (χ4v) is 3.61. The minimum atomic E-state index is -0.336. The number of ketones is 1. The number of hydrogen-bond acceptors (Lipinski definition) is 2. The summed E-state index contributed by atoms with van der Waals surface area (Å²) in [6.07, 6.45) is 4.48. The van der Waals surface area contributed by atoms with Crippen molar-refractivity contribution in [2.75, 3.05) is 13.1 Å². The molecule has 1 saturated heterocycles. The molecule has 0 radical (unpaired) electrons. The van der Waals surface area contributed by atoms with Gasteiger partial charge in [0.1, 0.15) is 5.82 Å². The Labute approximate surface area is 127 Å². The van der Waals surface area contributed by atoms with E-state index < -0.39 is 0 Å². The molecule has 2 nitrogen and oxygen atoms in total. The maximum absolute atomic E-state index is 13.2. The van der Waals surface area contributed by atoms with Crippen LogP contribution in [0.4, 0.5) is 4.39 Å². The highest BCUT2D eigenvalue weighted by molar-refractivity contribution is 5.90. The number of likely N-dealkylation sites (tertiary alicyclic amines) is 1. The average Bonchev–Trinajstić information content (AvgIpc) is 2.99. The molecule has 1 aliphatic rings. The van der Waals surface area contributed by atoms with Crippen molar-refractivity contribution >= 4 is 5.78 Å². The number of rotatable bonds is 6. The third-order valence-corrected chi connectivity index (χ3v) is 5.06. The first-order valence-electron chi connectivity index (χ1n) is 8.07. The van der Waals surface area contributed by atoms with E-state index in [2.05, 4.69) is 18.7 Å². The highest BCUT2D eigenvalue weighted by Crippen LogP contribution is 2.30. The summed E-state index contributed by atoms with van der Waals surface area (Å²) >= 11 is 0. The fourth-order valence-electron chi connectivity index (χ4n) is 3.61. The summed E-state index contributed by atoms with van der Waals surface area (Å²) < 4.78 is 13.2. The van der Waals surface area contributed by atoms with E-state index in [-0.39, 0.29) is 17.1 Å². The van der Waals surface area contributed by atoms with Crippen LogP contribution in [-0.4, -0.2) is 29.3 Å². The van der Waals surface area contributed by atoms with Gasteiger partial charge in [0, 0.05) is 6.42 Å². The monoisotopic (exact) mass is 291 g/mol. The molecule has 0 spiro atoms. The molecule has 1 heterocycles. The van der Waals surface area contributed by atoms with E-state index in [1.807, 2.05) is 6.92 Å². The molecular formula is C18H26FNO. The summed E-state index contributed by atoms with van der Waals surface area (Å²) in [5.41, 5.74) is 1.48. The second-order valence-electron chi connectivity index (χ2n) is 6.10. The van der Waals surface area contributed by atoms with Gasteiger partial charge in [0.25, 0.3) is 0 Å². The first-order chi connectivity index (χ1) is 10.0. The van der Waals surface area contributed by atoms with Crippen molar-refractivity contribution in [3.8, 4) is 0 Å². The topological polar surface area (TPSA) is 20.3 Å². The van der Waals surface area contributed by atoms with E-state index in [1.165, 1.54) is 25.0 Å². The molecule has 0 saturated carbocycles. The number of carbonyl (C=O) groups is 1. The first-order valence-corrected chi connectivity index (χ1v) is 8.07. The minimum absolute atomic E-state index is 0.236. The Morgan fingerprint density at radius 3 is 2.38 bits per heavy atom. The summed E-state index contributed by atoms with van der Waals surface area (Å²) in [5, 5.41) is 0. The van der Waals surface area contributed by atoms with Gasteiger partial charge in [0.2, 0.25) is 0 Å². The lowest BCUT2D eigenvalue weighted by atomic mass is 9.82. The smallest absolute Gasteiger partial charge is 0.157 e. The van der Waals surface area contributed by atoms with Crippen molar-refractivity contribution in [1.82, 2.24) is 4.90 Å². The number of aryl methyl sites for hydroxylation is 1. The van der Waals surface area contributed by atoms with Crippen LogP contribution in [0.25, 0.3) is 0 Å². The molecule has 0 N–H and O–H groups in total. The number of carbonyl (C=O) groups excluding carboxylic acids is 1. The number of Topliss-reactive ketones (excluding diaryl/α,β-unsaturated/α-hetero) is 1. The zero-order chi connectivity index (χ0) is 15.5. The second-order valence-corrected chi connectivity index (χ2v) is 6.10. The van der Waals surface area contributed by atoms with Gasteiger partial charge in [0.05, 0.1) is 5.54 Å². The van der Waals surface area contributed by atoms with E-state index in [0.717, 1.165) is 37.1 Å². The van der Waals surface area contributed by atoms with E-state index in [9.17, 15) is 9.18 Å². The number of nitrogens with zero attached hydrogens (tertiary/aromatic N) is 1. The maximum Gasteiger partial charge on any atom is 0.157 e. The van der Waals surface area contributed by atoms with Crippen LogP contribution >= 0.6 is 0 Å². The van der Waals surface area contributed by atoms with Crippen molar-refractivity contribution in [3.05, 3.63) is 35.1 Å². The molecule has 0 atom stereocenters. The fraction of sp³-hybridized carbons (Fsp3) is 0.611. The molecular weight excluding hydrogens is 265 g/mol. The molecule has 1 fully saturated rings. The SMILES string of the molecule is CCC(CC)(C(=O)Cc1ccc(F)cc1C)N1CCCC1. The van der Waals surface area contributed by atoms with Gasteiger partial charge in [-0.15, -0.1) is 0 Å². The molecule has 0 aromatic heterocycles. The Morgan fingerprint density at radius 1 is 1.24 bits per heavy atom. The highest BCUT2D eigenvalue weighted by atomic mass is 19.1. The lowest BCUT2D eigenvalue weighted by Gasteiger charge is -2.39. The van der Waals surface area contributed by atoms with Crippen molar-refractivity contribution in [2.24, 2.45) is 0 Å². The average molecular weight is 291 g/mol. The van der Waals surface area contributed by atoms with E-state index >= 15 is 0 Å². The summed E-state index contributed by atoms with van der Waals surface area (Å²) in [6, 6.07) is 4.71. The predicted molar refractivity (Wildman–Crippen MR) is 84.0 cm³/mol. The summed E-state index contributed by atoms with van der Waals surface area (Å²) in [7, 11) is 0. The number of hydrogen-bond donors (Lipinski definition) is 0. The number of benzene rings is 1. The normalized spacial score (nSPS) is 16.4. The van der Waals surface area contributed by atoms with Crippen molar-refractivity contribution < 1.29 is 9.18 Å². The van der Waals surface area contributed by atoms with E-state index in [0.29, 0.717) is 6.42 Å². The Bertz CT molecular complexity index is 502. The van der Waals surface area contributed by atoms with Crippen LogP contribution in [0.2, 0.25) is 0 Å². The third-order valence-electron chi connectivity index (χ3n) is 5.06. The Kier molecular flexibility index (Phi) is 5.15. The Morgan fingerprint density at radius 2 is 1.86 bits per heavy atom. The van der Waals surface area contributed by atoms with Crippen LogP contribution in [0.15, 0.2) is 18.2 Å². The van der Waals surface area contributed by atoms with Gasteiger partial charge in [-0.1, -0.05) is 19.9 Å². The predicted octanol–water partition coefficient (Wildman–Crippen LogP) is 3.90. The van der Waals surface area contributed by atoms with Crippen LogP contribution in [0.1, 0.15) is 50.7 Å². The molecule has 0 amide bonds. The maximum atomic E-state index is 13.2. The molecule has 1 aromatic rings. The van der Waals surface area contributed by atoms with Crippen LogP contribution in [0, 0.1) is 12.7 Å². The third kappa shape index (κ3) is 3.18. The van der Waals surface area contributed by atoms with E-state index in [1.54, 1.807) is 6.07 Å². The molecule has 1 aliphatic heterocycles. The standard InChI is InChI=1S/C18H26FNO/c1-4-18(5-2,20-10-6-7-11-20)17(21)13-15-8-9-16(19)12-14(15)3/h8-9,12H,4-7,10-11,13H2,1-3H3. The number of halogens is 1. The van der Waals surface area contributed by atoms with Gasteiger partial charge < -0.3 is 0 Å². The molecule has 3 heteroatoms. The van der Waals surface area contributed by atoms with Gasteiger partial charge in [0.15, 0.2) is 5.78 Å². The molecule has 0 bridgehead atoms. The minimum Gasteiger partial charge on any atom is -0.297 e. The zero-order valence-electron chi connectivity index (χ0n) is 13.4. The zero-order valence-corrected chi connectivity index (χ0v) is 13.4. The van der Waals surface area contributed by atoms with E-state index in [4.69, 9.17) is 0 Å². The lowest BCUT2D eigenvalue weighted by Crippen LogP contribution is -2.53. The largest absolute Gasteiger partial charge is 0.297 e. The molecule has 1 aromatic carbocycles. The Balaban J connectivity index is 2.22. The van der Waals surface area contributed by atoms with Crippen molar-refractivity contribution in [1.29, 1.82) is 0 Å². The van der Waals surface area contributed by atoms with Crippen LogP contribution in [-0.2, 0) is 11.2 Å². The quantitative estimate of drug-likeness (QED) is 0.792. The Hall–Kier alpha value is -1.22. The summed E-state index contributed by atoms with van der Waals surface area (Å²) in [4.78, 5) is 15.4. The molecule has 21 heavy (non-hydrogen) atoms. The van der Waals surface area contributed by atoms with Crippen LogP contribution in [0.5, 0.6) is 0 Å². The molecule has 0 aliphatic carbocycles. The second kappa shape index (κ2) is 6.69. The van der Waals surface area contributed by atoms with Crippen molar-refractivity contribution in [3.63, 3.8) is 0 Å².